The van der Waals surface area contributed by atoms with Crippen LogP contribution in [-0.2, 0) is 11.3 Å². The van der Waals surface area contributed by atoms with Gasteiger partial charge in [0, 0.05) is 10.6 Å². The maximum atomic E-state index is 12.1. The van der Waals surface area contributed by atoms with Crippen LogP contribution in [0.2, 0.25) is 5.02 Å². The van der Waals surface area contributed by atoms with E-state index < -0.39 is 5.54 Å². The lowest BCUT2D eigenvalue weighted by Crippen LogP contribution is -3.09. The summed E-state index contributed by atoms with van der Waals surface area (Å²) in [5.41, 5.74) is 0.381. The van der Waals surface area contributed by atoms with Gasteiger partial charge < -0.3 is 10.2 Å². The van der Waals surface area contributed by atoms with Gasteiger partial charge in [-0.1, -0.05) is 23.7 Å². The molecule has 2 atom stereocenters. The van der Waals surface area contributed by atoms with Crippen molar-refractivity contribution in [1.82, 2.24) is 5.32 Å². The summed E-state index contributed by atoms with van der Waals surface area (Å²) in [4.78, 5) is 13.2. The number of carbonyl (C=O) groups is 1. The Morgan fingerprint density at radius 2 is 2.29 bits per heavy atom. The van der Waals surface area contributed by atoms with Gasteiger partial charge in [-0.25, -0.2) is 0 Å². The molecule has 5 heteroatoms. The molecular formula is C16H21ClN3O+. The van der Waals surface area contributed by atoms with Gasteiger partial charge in [0.15, 0.2) is 6.54 Å². The van der Waals surface area contributed by atoms with E-state index >= 15 is 0 Å². The summed E-state index contributed by atoms with van der Waals surface area (Å²) in [7, 11) is 1.96. The smallest absolute Gasteiger partial charge is 0.276 e. The van der Waals surface area contributed by atoms with E-state index in [2.05, 4.69) is 11.4 Å². The van der Waals surface area contributed by atoms with Gasteiger partial charge in [0.1, 0.15) is 12.1 Å². The fraction of sp³-hybridized carbons (Fsp3) is 0.500. The molecule has 0 bridgehead atoms. The first-order valence-electron chi connectivity index (χ1n) is 7.21. The standard InChI is InChI=1S/C16H20ClN3O/c1-16(11-18,13-6-7-13)19-15(21)10-20(2)9-12-4-3-5-14(17)8-12/h3-5,8,13H,6-7,9-10H2,1-2H3,(H,19,21)/p+1/t16-/m1/s1. The van der Waals surface area contributed by atoms with Crippen LogP contribution in [-0.4, -0.2) is 25.0 Å². The molecule has 0 radical (unpaired) electrons. The number of nitrogens with zero attached hydrogens (tertiary/aromatic N) is 1. The summed E-state index contributed by atoms with van der Waals surface area (Å²) >= 11 is 5.96. The summed E-state index contributed by atoms with van der Waals surface area (Å²) in [5.74, 6) is 0.227. The Morgan fingerprint density at radius 1 is 1.57 bits per heavy atom. The van der Waals surface area contributed by atoms with Gasteiger partial charge >= 0.3 is 0 Å². The average molecular weight is 307 g/mol. The Bertz CT molecular complexity index is 565. The SMILES string of the molecule is C[NH+](CC(=O)N[C@](C)(C#N)C1CC1)Cc1cccc(Cl)c1. The van der Waals surface area contributed by atoms with E-state index in [0.29, 0.717) is 17.5 Å². The highest BCUT2D eigenvalue weighted by atomic mass is 35.5. The molecule has 4 nitrogen and oxygen atoms in total. The molecule has 1 aliphatic rings. The Labute approximate surface area is 130 Å². The van der Waals surface area contributed by atoms with E-state index in [1.165, 1.54) is 0 Å². The van der Waals surface area contributed by atoms with Crippen molar-refractivity contribution in [2.24, 2.45) is 5.92 Å². The van der Waals surface area contributed by atoms with Crippen molar-refractivity contribution in [2.75, 3.05) is 13.6 Å². The quantitative estimate of drug-likeness (QED) is 0.829. The van der Waals surface area contributed by atoms with E-state index in [1.807, 2.05) is 38.2 Å². The van der Waals surface area contributed by atoms with Crippen LogP contribution in [0.15, 0.2) is 24.3 Å². The summed E-state index contributed by atoms with van der Waals surface area (Å²) in [6, 6.07) is 9.89. The third-order valence-electron chi connectivity index (χ3n) is 3.88. The second-order valence-corrected chi connectivity index (χ2v) is 6.51. The number of nitriles is 1. The molecule has 112 valence electrons. The van der Waals surface area contributed by atoms with Crippen LogP contribution < -0.4 is 10.2 Å². The lowest BCUT2D eigenvalue weighted by molar-refractivity contribution is -0.885. The molecule has 2 rings (SSSR count). The molecule has 1 saturated carbocycles. The fourth-order valence-electron chi connectivity index (χ4n) is 2.55. The molecule has 1 aromatic carbocycles. The minimum Gasteiger partial charge on any atom is -0.333 e. The number of nitrogens with one attached hydrogen (secondary N) is 2. The maximum Gasteiger partial charge on any atom is 0.276 e. The highest BCUT2D eigenvalue weighted by Crippen LogP contribution is 2.39. The monoisotopic (exact) mass is 306 g/mol. The van der Waals surface area contributed by atoms with Gasteiger partial charge in [-0.15, -0.1) is 0 Å². The number of carbonyl (C=O) groups excluding carboxylic acids is 1. The van der Waals surface area contributed by atoms with Crippen LogP contribution in [0.1, 0.15) is 25.3 Å². The predicted molar refractivity (Wildman–Crippen MR) is 81.8 cm³/mol. The van der Waals surface area contributed by atoms with E-state index in [-0.39, 0.29) is 5.91 Å². The van der Waals surface area contributed by atoms with Gasteiger partial charge in [0.2, 0.25) is 0 Å². The van der Waals surface area contributed by atoms with E-state index in [0.717, 1.165) is 29.8 Å². The first-order chi connectivity index (χ1) is 9.93. The molecule has 0 heterocycles. The number of hydrogen-bond donors (Lipinski definition) is 2. The number of benzene rings is 1. The van der Waals surface area contributed by atoms with E-state index in [4.69, 9.17) is 11.6 Å². The lowest BCUT2D eigenvalue weighted by Gasteiger charge is -2.23. The van der Waals surface area contributed by atoms with Crippen LogP contribution >= 0.6 is 11.6 Å². The van der Waals surface area contributed by atoms with Gasteiger partial charge in [-0.3, -0.25) is 4.79 Å². The van der Waals surface area contributed by atoms with E-state index in [1.54, 1.807) is 0 Å². The first-order valence-corrected chi connectivity index (χ1v) is 7.59. The molecule has 1 aromatic rings. The fourth-order valence-corrected chi connectivity index (χ4v) is 2.76. The molecule has 1 aliphatic carbocycles. The number of amides is 1. The summed E-state index contributed by atoms with van der Waals surface area (Å²) < 4.78 is 0. The summed E-state index contributed by atoms with van der Waals surface area (Å²) in [6.45, 7) is 2.88. The Morgan fingerprint density at radius 3 is 2.86 bits per heavy atom. The Balaban J connectivity index is 1.86. The zero-order chi connectivity index (χ0) is 15.5. The molecular weight excluding hydrogens is 286 g/mol. The minimum atomic E-state index is -0.715. The topological polar surface area (TPSA) is 57.3 Å². The van der Waals surface area contributed by atoms with Crippen molar-refractivity contribution in [1.29, 1.82) is 5.26 Å². The number of halogens is 1. The van der Waals surface area contributed by atoms with Crippen molar-refractivity contribution in [3.8, 4) is 6.07 Å². The van der Waals surface area contributed by atoms with Crippen LogP contribution in [0, 0.1) is 17.2 Å². The van der Waals surface area contributed by atoms with Gasteiger partial charge in [0.25, 0.3) is 5.91 Å². The number of likely N-dealkylation sites (N-methyl/N-ethyl adjacent to an activating group) is 1. The summed E-state index contributed by atoms with van der Waals surface area (Å²) in [5, 5.41) is 12.8. The number of hydrogen-bond acceptors (Lipinski definition) is 2. The van der Waals surface area contributed by atoms with E-state index in [9.17, 15) is 10.1 Å². The Kier molecular flexibility index (Phi) is 4.87. The van der Waals surface area contributed by atoms with Crippen LogP contribution in [0.3, 0.4) is 0 Å². The molecule has 0 aliphatic heterocycles. The second kappa shape index (κ2) is 6.46. The van der Waals surface area contributed by atoms with Gasteiger partial charge in [-0.05, 0) is 37.8 Å². The number of rotatable bonds is 6. The largest absolute Gasteiger partial charge is 0.333 e. The first kappa shape index (κ1) is 15.8. The zero-order valence-electron chi connectivity index (χ0n) is 12.4. The molecule has 1 amide bonds. The van der Waals surface area contributed by atoms with Crippen LogP contribution in [0.4, 0.5) is 0 Å². The Hall–Kier alpha value is -1.57. The zero-order valence-corrected chi connectivity index (χ0v) is 13.2. The third kappa shape index (κ3) is 4.45. The minimum absolute atomic E-state index is 0.0783. The van der Waals surface area contributed by atoms with Gasteiger partial charge in [0.05, 0.1) is 13.1 Å². The van der Waals surface area contributed by atoms with Crippen molar-refractivity contribution >= 4 is 17.5 Å². The average Bonchev–Trinajstić information content (AvgIpc) is 3.22. The predicted octanol–water partition coefficient (Wildman–Crippen LogP) is 1.16. The normalized spacial score (nSPS) is 18.4. The molecule has 2 N–H and O–H groups in total. The third-order valence-corrected chi connectivity index (χ3v) is 4.12. The van der Waals surface area contributed by atoms with Crippen molar-refractivity contribution in [3.63, 3.8) is 0 Å². The highest BCUT2D eigenvalue weighted by Gasteiger charge is 2.43. The molecule has 1 unspecified atom stereocenters. The molecule has 0 aromatic heterocycles. The second-order valence-electron chi connectivity index (χ2n) is 6.08. The molecule has 0 spiro atoms. The van der Waals surface area contributed by atoms with Gasteiger partial charge in [-0.2, -0.15) is 5.26 Å². The van der Waals surface area contributed by atoms with Crippen molar-refractivity contribution < 1.29 is 9.69 Å². The number of quaternary nitrogens is 1. The maximum absolute atomic E-state index is 12.1. The van der Waals surface area contributed by atoms with Crippen LogP contribution in [0.25, 0.3) is 0 Å². The lowest BCUT2D eigenvalue weighted by atomic mass is 9.98. The molecule has 1 fully saturated rings. The van der Waals surface area contributed by atoms with Crippen molar-refractivity contribution in [3.05, 3.63) is 34.9 Å². The summed E-state index contributed by atoms with van der Waals surface area (Å²) in [6.07, 6.45) is 2.05. The molecule has 21 heavy (non-hydrogen) atoms. The molecule has 0 saturated heterocycles. The van der Waals surface area contributed by atoms with Crippen LogP contribution in [0.5, 0.6) is 0 Å². The highest BCUT2D eigenvalue weighted by molar-refractivity contribution is 6.30. The van der Waals surface area contributed by atoms with Crippen molar-refractivity contribution in [2.45, 2.75) is 31.8 Å².